The molecule has 1 heterocycles. The van der Waals surface area contributed by atoms with Crippen LogP contribution in [0.4, 0.5) is 5.95 Å². The first-order valence-electron chi connectivity index (χ1n) is 4.02. The SMILES string of the molecule is COc1cc(OC)nc(NC(=O)CCl)n1. The maximum Gasteiger partial charge on any atom is 0.241 e. The Balaban J connectivity index is 2.91. The van der Waals surface area contributed by atoms with Crippen LogP contribution in [0, 0.1) is 0 Å². The van der Waals surface area contributed by atoms with Crippen LogP contribution in [0.25, 0.3) is 0 Å². The normalized spacial score (nSPS) is 9.53. The number of nitrogens with one attached hydrogen (secondary N) is 1. The maximum absolute atomic E-state index is 11.0. The molecule has 82 valence electrons. The molecule has 0 saturated carbocycles. The van der Waals surface area contributed by atoms with Crippen LogP contribution in [0.1, 0.15) is 0 Å². The largest absolute Gasteiger partial charge is 0.481 e. The summed E-state index contributed by atoms with van der Waals surface area (Å²) in [6, 6.07) is 1.50. The molecule has 1 aromatic rings. The molecule has 0 saturated heterocycles. The molecule has 0 aliphatic carbocycles. The van der Waals surface area contributed by atoms with Gasteiger partial charge < -0.3 is 9.47 Å². The van der Waals surface area contributed by atoms with Crippen LogP contribution >= 0.6 is 11.6 Å². The zero-order valence-electron chi connectivity index (χ0n) is 8.28. The van der Waals surface area contributed by atoms with E-state index in [4.69, 9.17) is 21.1 Å². The number of hydrogen-bond acceptors (Lipinski definition) is 5. The molecule has 1 aromatic heterocycles. The highest BCUT2D eigenvalue weighted by Crippen LogP contribution is 2.17. The van der Waals surface area contributed by atoms with E-state index in [1.165, 1.54) is 20.3 Å². The number of halogens is 1. The number of alkyl halides is 1. The Morgan fingerprint density at radius 2 is 1.93 bits per heavy atom. The van der Waals surface area contributed by atoms with Crippen molar-refractivity contribution in [1.29, 1.82) is 0 Å². The van der Waals surface area contributed by atoms with Gasteiger partial charge in [0.05, 0.1) is 20.3 Å². The Hall–Kier alpha value is -1.56. The van der Waals surface area contributed by atoms with E-state index in [9.17, 15) is 4.79 Å². The third kappa shape index (κ3) is 3.25. The number of carbonyl (C=O) groups is 1. The molecule has 0 unspecified atom stereocenters. The highest BCUT2D eigenvalue weighted by molar-refractivity contribution is 6.28. The molecule has 7 heteroatoms. The zero-order chi connectivity index (χ0) is 11.3. The molecule has 1 rings (SSSR count). The summed E-state index contributed by atoms with van der Waals surface area (Å²) in [5, 5.41) is 2.39. The number of anilines is 1. The van der Waals surface area contributed by atoms with E-state index < -0.39 is 5.91 Å². The van der Waals surface area contributed by atoms with Crippen LogP contribution in [-0.4, -0.2) is 36.0 Å². The maximum atomic E-state index is 11.0. The zero-order valence-corrected chi connectivity index (χ0v) is 9.04. The summed E-state index contributed by atoms with van der Waals surface area (Å²) in [6.45, 7) is 0. The van der Waals surface area contributed by atoms with Crippen LogP contribution < -0.4 is 14.8 Å². The summed E-state index contributed by atoms with van der Waals surface area (Å²) < 4.78 is 9.79. The highest BCUT2D eigenvalue weighted by Gasteiger charge is 2.07. The minimum absolute atomic E-state index is 0.0943. The van der Waals surface area contributed by atoms with E-state index >= 15 is 0 Å². The Labute approximate surface area is 91.6 Å². The van der Waals surface area contributed by atoms with Gasteiger partial charge in [0.15, 0.2) is 0 Å². The average molecular weight is 232 g/mol. The van der Waals surface area contributed by atoms with Crippen LogP contribution in [0.15, 0.2) is 6.07 Å². The summed E-state index contributed by atoms with van der Waals surface area (Å²) in [5.74, 6) is 0.130. The molecule has 6 nitrogen and oxygen atoms in total. The van der Waals surface area contributed by atoms with Gasteiger partial charge in [-0.2, -0.15) is 9.97 Å². The van der Waals surface area contributed by atoms with Gasteiger partial charge in [-0.25, -0.2) is 0 Å². The van der Waals surface area contributed by atoms with E-state index in [2.05, 4.69) is 15.3 Å². The van der Waals surface area contributed by atoms with Gasteiger partial charge in [0.2, 0.25) is 23.6 Å². The standard InChI is InChI=1S/C8H10ClN3O3/c1-14-6-3-7(15-2)12-8(11-6)10-5(13)4-9/h3H,4H2,1-2H3,(H,10,11,12,13). The molecule has 0 bridgehead atoms. The predicted molar refractivity (Wildman–Crippen MR) is 54.5 cm³/mol. The minimum atomic E-state index is -0.396. The molecule has 0 aliphatic rings. The van der Waals surface area contributed by atoms with Gasteiger partial charge in [-0.1, -0.05) is 0 Å². The van der Waals surface area contributed by atoms with Crippen molar-refractivity contribution in [1.82, 2.24) is 9.97 Å². The number of ether oxygens (including phenoxy) is 2. The Morgan fingerprint density at radius 3 is 2.33 bits per heavy atom. The Morgan fingerprint density at radius 1 is 1.40 bits per heavy atom. The Bertz CT molecular complexity index is 337. The lowest BCUT2D eigenvalue weighted by molar-refractivity contribution is -0.114. The van der Waals surface area contributed by atoms with Crippen molar-refractivity contribution in [2.45, 2.75) is 0 Å². The van der Waals surface area contributed by atoms with E-state index in [0.717, 1.165) is 0 Å². The molecule has 0 aliphatic heterocycles. The van der Waals surface area contributed by atoms with Crippen molar-refractivity contribution in [3.63, 3.8) is 0 Å². The number of carbonyl (C=O) groups excluding carboxylic acids is 1. The predicted octanol–water partition coefficient (Wildman–Crippen LogP) is 0.671. The number of hydrogen-bond donors (Lipinski definition) is 1. The molecule has 15 heavy (non-hydrogen) atoms. The van der Waals surface area contributed by atoms with Crippen molar-refractivity contribution < 1.29 is 14.3 Å². The van der Waals surface area contributed by atoms with Gasteiger partial charge in [-0.3, -0.25) is 10.1 Å². The minimum Gasteiger partial charge on any atom is -0.481 e. The smallest absolute Gasteiger partial charge is 0.241 e. The van der Waals surface area contributed by atoms with Crippen molar-refractivity contribution in [2.75, 3.05) is 25.4 Å². The molecule has 0 atom stereocenters. The van der Waals surface area contributed by atoms with Gasteiger partial charge in [-0.05, 0) is 0 Å². The molecule has 0 fully saturated rings. The second kappa shape index (κ2) is 5.35. The lowest BCUT2D eigenvalue weighted by Gasteiger charge is -2.06. The lowest BCUT2D eigenvalue weighted by Crippen LogP contribution is -2.15. The van der Waals surface area contributed by atoms with E-state index in [0.29, 0.717) is 11.8 Å². The number of amides is 1. The van der Waals surface area contributed by atoms with Crippen LogP contribution in [0.5, 0.6) is 11.8 Å². The van der Waals surface area contributed by atoms with Crippen LogP contribution in [0.3, 0.4) is 0 Å². The third-order valence-electron chi connectivity index (χ3n) is 1.47. The summed E-state index contributed by atoms with van der Waals surface area (Å²) in [4.78, 5) is 18.7. The molecular formula is C8H10ClN3O3. The van der Waals surface area contributed by atoms with Crippen molar-refractivity contribution >= 4 is 23.5 Å². The van der Waals surface area contributed by atoms with Crippen LogP contribution in [0.2, 0.25) is 0 Å². The molecule has 0 radical (unpaired) electrons. The van der Waals surface area contributed by atoms with Crippen molar-refractivity contribution in [2.24, 2.45) is 0 Å². The van der Waals surface area contributed by atoms with Gasteiger partial charge in [-0.15, -0.1) is 11.6 Å². The van der Waals surface area contributed by atoms with Gasteiger partial charge >= 0.3 is 0 Å². The summed E-state index contributed by atoms with van der Waals surface area (Å²) >= 11 is 5.32. The number of rotatable bonds is 4. The van der Waals surface area contributed by atoms with Crippen molar-refractivity contribution in [3.8, 4) is 11.8 Å². The molecule has 0 spiro atoms. The first-order valence-corrected chi connectivity index (χ1v) is 4.56. The van der Waals surface area contributed by atoms with E-state index in [1.54, 1.807) is 0 Å². The van der Waals surface area contributed by atoms with Crippen molar-refractivity contribution in [3.05, 3.63) is 6.07 Å². The second-order valence-electron chi connectivity index (χ2n) is 2.46. The summed E-state index contributed by atoms with van der Waals surface area (Å²) in [6.07, 6.45) is 0. The fourth-order valence-electron chi connectivity index (χ4n) is 0.827. The molecule has 0 aromatic carbocycles. The highest BCUT2D eigenvalue weighted by atomic mass is 35.5. The number of aromatic nitrogens is 2. The van der Waals surface area contributed by atoms with Crippen LogP contribution in [-0.2, 0) is 4.79 Å². The number of methoxy groups -OCH3 is 2. The fraction of sp³-hybridized carbons (Fsp3) is 0.375. The Kier molecular flexibility index (Phi) is 4.11. The second-order valence-corrected chi connectivity index (χ2v) is 2.73. The molecular weight excluding hydrogens is 222 g/mol. The summed E-state index contributed by atoms with van der Waals surface area (Å²) in [7, 11) is 2.91. The topological polar surface area (TPSA) is 73.3 Å². The quantitative estimate of drug-likeness (QED) is 0.771. The van der Waals surface area contributed by atoms with Gasteiger partial charge in [0, 0.05) is 0 Å². The average Bonchev–Trinajstić information content (AvgIpc) is 2.28. The third-order valence-corrected chi connectivity index (χ3v) is 1.71. The van der Waals surface area contributed by atoms with Gasteiger partial charge in [0.1, 0.15) is 5.88 Å². The lowest BCUT2D eigenvalue weighted by atomic mass is 10.6. The first kappa shape index (κ1) is 11.5. The van der Waals surface area contributed by atoms with E-state index in [1.807, 2.05) is 0 Å². The fourth-order valence-corrected chi connectivity index (χ4v) is 0.894. The number of nitrogens with zero attached hydrogens (tertiary/aromatic N) is 2. The van der Waals surface area contributed by atoms with E-state index in [-0.39, 0.29) is 11.8 Å². The molecule has 1 N–H and O–H groups in total. The first-order chi connectivity index (χ1) is 7.19. The summed E-state index contributed by atoms with van der Waals surface area (Å²) in [5.41, 5.74) is 0. The van der Waals surface area contributed by atoms with Gasteiger partial charge in [0.25, 0.3) is 0 Å². The molecule has 1 amide bonds. The monoisotopic (exact) mass is 231 g/mol.